The number of hydrogen-bond donors (Lipinski definition) is 0. The fourth-order valence-corrected chi connectivity index (χ4v) is 4.56. The molecule has 0 bridgehead atoms. The molecule has 2 unspecified atom stereocenters. The van der Waals surface area contributed by atoms with Crippen molar-refractivity contribution in [3.8, 4) is 0 Å². The highest BCUT2D eigenvalue weighted by Gasteiger charge is 2.34. The second-order valence-corrected chi connectivity index (χ2v) is 8.28. The standard InChI is InChI=1S/C22H24N2OS/c1-16-7-9-18(10-8-16)19-13-17(2)24(14-19)22(25)21-6-3-11-23(21)15-20-5-4-12-26-20/h3-12,17,19H,13-15H2,1-2H3. The fraction of sp³-hybridized carbons (Fsp3) is 0.318. The third-order valence-corrected chi connectivity index (χ3v) is 6.20. The van der Waals surface area contributed by atoms with Gasteiger partial charge in [-0.3, -0.25) is 4.79 Å². The van der Waals surface area contributed by atoms with Gasteiger partial charge in [0.25, 0.3) is 5.91 Å². The molecule has 1 saturated heterocycles. The van der Waals surface area contributed by atoms with Gasteiger partial charge in [-0.25, -0.2) is 0 Å². The van der Waals surface area contributed by atoms with Crippen LogP contribution < -0.4 is 0 Å². The molecule has 3 aromatic rings. The number of amides is 1. The van der Waals surface area contributed by atoms with Gasteiger partial charge in [0.15, 0.2) is 0 Å². The Balaban J connectivity index is 1.52. The summed E-state index contributed by atoms with van der Waals surface area (Å²) in [6.45, 7) is 5.83. The Labute approximate surface area is 158 Å². The third kappa shape index (κ3) is 3.34. The molecule has 2 atom stereocenters. The van der Waals surface area contributed by atoms with Crippen LogP contribution in [0.5, 0.6) is 0 Å². The van der Waals surface area contributed by atoms with Crippen LogP contribution in [0.1, 0.15) is 45.8 Å². The van der Waals surface area contributed by atoms with Crippen LogP contribution in [0.25, 0.3) is 0 Å². The van der Waals surface area contributed by atoms with Gasteiger partial charge in [0, 0.05) is 29.6 Å². The average Bonchev–Trinajstić information content (AvgIpc) is 3.37. The van der Waals surface area contributed by atoms with E-state index in [1.165, 1.54) is 16.0 Å². The van der Waals surface area contributed by atoms with E-state index in [-0.39, 0.29) is 11.9 Å². The van der Waals surface area contributed by atoms with Crippen molar-refractivity contribution in [2.24, 2.45) is 0 Å². The number of carbonyl (C=O) groups is 1. The fourth-order valence-electron chi connectivity index (χ4n) is 3.86. The van der Waals surface area contributed by atoms with Gasteiger partial charge in [-0.15, -0.1) is 11.3 Å². The molecule has 134 valence electrons. The van der Waals surface area contributed by atoms with Crippen LogP contribution in [0.2, 0.25) is 0 Å². The highest BCUT2D eigenvalue weighted by molar-refractivity contribution is 7.09. The van der Waals surface area contributed by atoms with Crippen LogP contribution >= 0.6 is 11.3 Å². The molecule has 0 radical (unpaired) electrons. The Bertz CT molecular complexity index is 879. The summed E-state index contributed by atoms with van der Waals surface area (Å²) in [5.74, 6) is 0.573. The quantitative estimate of drug-likeness (QED) is 0.645. The van der Waals surface area contributed by atoms with E-state index in [0.29, 0.717) is 5.92 Å². The first-order chi connectivity index (χ1) is 12.6. The smallest absolute Gasteiger partial charge is 0.270 e. The summed E-state index contributed by atoms with van der Waals surface area (Å²) in [4.78, 5) is 16.5. The van der Waals surface area contributed by atoms with Gasteiger partial charge >= 0.3 is 0 Å². The Morgan fingerprint density at radius 2 is 1.96 bits per heavy atom. The molecule has 4 heteroatoms. The molecule has 3 nitrogen and oxygen atoms in total. The minimum atomic E-state index is 0.147. The molecule has 1 amide bonds. The molecule has 1 aromatic carbocycles. The highest BCUT2D eigenvalue weighted by Crippen LogP contribution is 2.32. The number of nitrogens with zero attached hydrogens (tertiary/aromatic N) is 2. The van der Waals surface area contributed by atoms with E-state index in [2.05, 4.69) is 60.2 Å². The van der Waals surface area contributed by atoms with Crippen molar-refractivity contribution in [2.45, 2.75) is 38.8 Å². The lowest BCUT2D eigenvalue weighted by atomic mass is 9.96. The van der Waals surface area contributed by atoms with Crippen molar-refractivity contribution in [3.05, 3.63) is 81.8 Å². The molecular weight excluding hydrogens is 340 g/mol. The van der Waals surface area contributed by atoms with Crippen molar-refractivity contribution in [1.29, 1.82) is 0 Å². The first-order valence-corrected chi connectivity index (χ1v) is 10.0. The van der Waals surface area contributed by atoms with Crippen molar-refractivity contribution in [3.63, 3.8) is 0 Å². The minimum absolute atomic E-state index is 0.147. The van der Waals surface area contributed by atoms with Crippen molar-refractivity contribution in [1.82, 2.24) is 9.47 Å². The number of rotatable bonds is 4. The van der Waals surface area contributed by atoms with Gasteiger partial charge < -0.3 is 9.47 Å². The Kier molecular flexibility index (Phi) is 4.68. The van der Waals surface area contributed by atoms with E-state index in [1.54, 1.807) is 11.3 Å². The van der Waals surface area contributed by atoms with E-state index in [1.807, 2.05) is 23.2 Å². The number of carbonyl (C=O) groups excluding carboxylic acids is 1. The van der Waals surface area contributed by atoms with Crippen LogP contribution in [0.4, 0.5) is 0 Å². The Morgan fingerprint density at radius 3 is 2.69 bits per heavy atom. The van der Waals surface area contributed by atoms with E-state index < -0.39 is 0 Å². The zero-order valence-electron chi connectivity index (χ0n) is 15.3. The number of aryl methyl sites for hydroxylation is 1. The van der Waals surface area contributed by atoms with Crippen LogP contribution in [0.3, 0.4) is 0 Å². The monoisotopic (exact) mass is 364 g/mol. The molecular formula is C22H24N2OS. The molecule has 4 rings (SSSR count). The lowest BCUT2D eigenvalue weighted by Gasteiger charge is -2.22. The molecule has 2 aromatic heterocycles. The van der Waals surface area contributed by atoms with Gasteiger partial charge in [0.2, 0.25) is 0 Å². The SMILES string of the molecule is Cc1ccc(C2CC(C)N(C(=O)c3cccn3Cc3cccs3)C2)cc1. The Morgan fingerprint density at radius 1 is 1.15 bits per heavy atom. The molecule has 0 N–H and O–H groups in total. The van der Waals surface area contributed by atoms with Crippen LogP contribution in [0.15, 0.2) is 60.1 Å². The lowest BCUT2D eigenvalue weighted by Crippen LogP contribution is -2.35. The summed E-state index contributed by atoms with van der Waals surface area (Å²) >= 11 is 1.73. The first kappa shape index (κ1) is 17.1. The predicted octanol–water partition coefficient (Wildman–Crippen LogP) is 4.92. The van der Waals surface area contributed by atoms with Crippen molar-refractivity contribution < 1.29 is 4.79 Å². The van der Waals surface area contributed by atoms with Gasteiger partial charge in [0.05, 0.1) is 6.54 Å². The number of aromatic nitrogens is 1. The number of likely N-dealkylation sites (tertiary alicyclic amines) is 1. The van der Waals surface area contributed by atoms with E-state index in [0.717, 1.165) is 25.2 Å². The number of hydrogen-bond acceptors (Lipinski definition) is 2. The molecule has 1 fully saturated rings. The van der Waals surface area contributed by atoms with Crippen LogP contribution in [0, 0.1) is 6.92 Å². The number of benzene rings is 1. The molecule has 3 heterocycles. The van der Waals surface area contributed by atoms with Gasteiger partial charge in [-0.2, -0.15) is 0 Å². The molecule has 0 saturated carbocycles. The zero-order valence-corrected chi connectivity index (χ0v) is 16.1. The molecule has 1 aliphatic heterocycles. The first-order valence-electron chi connectivity index (χ1n) is 9.17. The summed E-state index contributed by atoms with van der Waals surface area (Å²) in [6, 6.07) is 17.1. The minimum Gasteiger partial charge on any atom is -0.338 e. The Hall–Kier alpha value is -2.33. The zero-order chi connectivity index (χ0) is 18.1. The summed E-state index contributed by atoms with van der Waals surface area (Å²) in [7, 11) is 0. The molecule has 0 aliphatic carbocycles. The predicted molar refractivity (Wildman–Crippen MR) is 107 cm³/mol. The van der Waals surface area contributed by atoms with Gasteiger partial charge in [0.1, 0.15) is 5.69 Å². The van der Waals surface area contributed by atoms with Crippen molar-refractivity contribution >= 4 is 17.2 Å². The lowest BCUT2D eigenvalue weighted by molar-refractivity contribution is 0.0735. The van der Waals surface area contributed by atoms with Gasteiger partial charge in [-0.1, -0.05) is 35.9 Å². The largest absolute Gasteiger partial charge is 0.338 e. The summed E-state index contributed by atoms with van der Waals surface area (Å²) in [5, 5.41) is 2.08. The maximum absolute atomic E-state index is 13.2. The van der Waals surface area contributed by atoms with E-state index in [4.69, 9.17) is 0 Å². The summed E-state index contributed by atoms with van der Waals surface area (Å²) < 4.78 is 2.07. The summed E-state index contributed by atoms with van der Waals surface area (Å²) in [6.07, 6.45) is 3.03. The normalized spacial score (nSPS) is 19.8. The third-order valence-electron chi connectivity index (χ3n) is 5.34. The number of thiophene rings is 1. The second kappa shape index (κ2) is 7.12. The van der Waals surface area contributed by atoms with Crippen LogP contribution in [-0.2, 0) is 6.54 Å². The summed E-state index contributed by atoms with van der Waals surface area (Å²) in [5.41, 5.74) is 3.40. The van der Waals surface area contributed by atoms with E-state index >= 15 is 0 Å². The molecule has 0 spiro atoms. The van der Waals surface area contributed by atoms with E-state index in [9.17, 15) is 4.79 Å². The van der Waals surface area contributed by atoms with Crippen molar-refractivity contribution in [2.75, 3.05) is 6.54 Å². The maximum Gasteiger partial charge on any atom is 0.270 e. The maximum atomic E-state index is 13.2. The van der Waals surface area contributed by atoms with Crippen LogP contribution in [-0.4, -0.2) is 28.0 Å². The topological polar surface area (TPSA) is 25.2 Å². The molecule has 1 aliphatic rings. The average molecular weight is 365 g/mol. The van der Waals surface area contributed by atoms with Gasteiger partial charge in [-0.05, 0) is 49.4 Å². The highest BCUT2D eigenvalue weighted by atomic mass is 32.1. The second-order valence-electron chi connectivity index (χ2n) is 7.25. The molecule has 26 heavy (non-hydrogen) atoms.